The van der Waals surface area contributed by atoms with Gasteiger partial charge in [0.15, 0.2) is 0 Å². The molecule has 0 spiro atoms. The molecule has 1 aromatic carbocycles. The minimum Gasteiger partial charge on any atom is -0.325 e. The van der Waals surface area contributed by atoms with Crippen LogP contribution in [0.3, 0.4) is 0 Å². The van der Waals surface area contributed by atoms with Gasteiger partial charge in [0.25, 0.3) is 0 Å². The fourth-order valence-electron chi connectivity index (χ4n) is 2.60. The van der Waals surface area contributed by atoms with Crippen molar-refractivity contribution in [1.82, 2.24) is 4.90 Å². The molecule has 20 heavy (non-hydrogen) atoms. The van der Waals surface area contributed by atoms with Crippen molar-refractivity contribution < 1.29 is 9.59 Å². The van der Waals surface area contributed by atoms with Gasteiger partial charge in [0.1, 0.15) is 5.78 Å². The van der Waals surface area contributed by atoms with Crippen LogP contribution in [0.4, 0.5) is 5.69 Å². The molecule has 0 bridgehead atoms. The number of carbonyl (C=O) groups excluding carboxylic acids is 2. The Bertz CT molecular complexity index is 463. The summed E-state index contributed by atoms with van der Waals surface area (Å²) in [5, 5.41) is 2.92. The smallest absolute Gasteiger partial charge is 0.241 e. The highest BCUT2D eigenvalue weighted by Crippen LogP contribution is 2.21. The highest BCUT2D eigenvalue weighted by atomic mass is 16.2. The zero-order valence-corrected chi connectivity index (χ0v) is 12.1. The zero-order chi connectivity index (χ0) is 14.5. The van der Waals surface area contributed by atoms with Crippen molar-refractivity contribution in [1.29, 1.82) is 0 Å². The van der Waals surface area contributed by atoms with Gasteiger partial charge in [-0.3, -0.25) is 14.5 Å². The molecule has 1 unspecified atom stereocenters. The van der Waals surface area contributed by atoms with Gasteiger partial charge < -0.3 is 5.32 Å². The Kier molecular flexibility index (Phi) is 4.90. The number of para-hydroxylation sites is 1. The first-order chi connectivity index (χ1) is 9.58. The van der Waals surface area contributed by atoms with E-state index in [0.717, 1.165) is 18.5 Å². The predicted octanol–water partition coefficient (Wildman–Crippen LogP) is 2.46. The van der Waals surface area contributed by atoms with Crippen LogP contribution >= 0.6 is 0 Å². The summed E-state index contributed by atoms with van der Waals surface area (Å²) in [7, 11) is 1.97. The monoisotopic (exact) mass is 274 g/mol. The van der Waals surface area contributed by atoms with E-state index in [0.29, 0.717) is 24.7 Å². The second-order valence-corrected chi connectivity index (χ2v) is 5.47. The van der Waals surface area contributed by atoms with Gasteiger partial charge in [0.05, 0.1) is 6.04 Å². The van der Waals surface area contributed by atoms with Crippen molar-refractivity contribution >= 4 is 17.4 Å². The van der Waals surface area contributed by atoms with E-state index in [1.54, 1.807) is 0 Å². The molecule has 1 fully saturated rings. The highest BCUT2D eigenvalue weighted by molar-refractivity contribution is 5.94. The van der Waals surface area contributed by atoms with E-state index >= 15 is 0 Å². The van der Waals surface area contributed by atoms with E-state index in [2.05, 4.69) is 10.2 Å². The molecule has 4 nitrogen and oxygen atoms in total. The van der Waals surface area contributed by atoms with Crippen LogP contribution in [0.25, 0.3) is 0 Å². The number of benzene rings is 1. The third-order valence-electron chi connectivity index (χ3n) is 4.12. The summed E-state index contributed by atoms with van der Waals surface area (Å²) in [6, 6.07) is 9.60. The summed E-state index contributed by atoms with van der Waals surface area (Å²) in [6.07, 6.45) is 3.00. The van der Waals surface area contributed by atoms with Gasteiger partial charge in [-0.05, 0) is 38.9 Å². The van der Waals surface area contributed by atoms with Crippen molar-refractivity contribution in [3.05, 3.63) is 30.3 Å². The third-order valence-corrected chi connectivity index (χ3v) is 4.12. The lowest BCUT2D eigenvalue weighted by Crippen LogP contribution is -2.46. The molecular formula is C16H22N2O2. The van der Waals surface area contributed by atoms with Crippen molar-refractivity contribution in [3.63, 3.8) is 0 Å². The molecule has 1 amide bonds. The molecule has 0 radical (unpaired) electrons. The van der Waals surface area contributed by atoms with E-state index in [4.69, 9.17) is 0 Å². The van der Waals surface area contributed by atoms with Crippen LogP contribution in [0.5, 0.6) is 0 Å². The maximum absolute atomic E-state index is 12.2. The van der Waals surface area contributed by atoms with Gasteiger partial charge in [-0.25, -0.2) is 0 Å². The van der Waals surface area contributed by atoms with Crippen LogP contribution in [0, 0.1) is 0 Å². The van der Waals surface area contributed by atoms with Gasteiger partial charge >= 0.3 is 0 Å². The number of Topliss-reactive ketones (excluding diaryl/α,β-unsaturated/α-hetero) is 1. The van der Waals surface area contributed by atoms with Gasteiger partial charge in [-0.15, -0.1) is 0 Å². The van der Waals surface area contributed by atoms with Crippen LogP contribution in [-0.2, 0) is 9.59 Å². The number of amides is 1. The molecule has 0 saturated heterocycles. The fraction of sp³-hybridized carbons (Fsp3) is 0.500. The molecular weight excluding hydrogens is 252 g/mol. The summed E-state index contributed by atoms with van der Waals surface area (Å²) < 4.78 is 0. The van der Waals surface area contributed by atoms with Gasteiger partial charge in [0.2, 0.25) is 5.91 Å². The molecule has 0 aromatic heterocycles. The van der Waals surface area contributed by atoms with Crippen molar-refractivity contribution in [2.24, 2.45) is 0 Å². The van der Waals surface area contributed by atoms with Crippen LogP contribution in [0.15, 0.2) is 30.3 Å². The molecule has 1 saturated carbocycles. The normalized spacial score (nSPS) is 18.1. The second-order valence-electron chi connectivity index (χ2n) is 5.47. The minimum atomic E-state index is -0.201. The van der Waals surface area contributed by atoms with E-state index in [1.165, 1.54) is 0 Å². The molecule has 1 aliphatic rings. The molecule has 0 aliphatic heterocycles. The van der Waals surface area contributed by atoms with Crippen molar-refractivity contribution in [2.45, 2.75) is 44.7 Å². The number of likely N-dealkylation sites (N-methyl/N-ethyl adjacent to an activating group) is 1. The fourth-order valence-corrected chi connectivity index (χ4v) is 2.60. The Labute approximate surface area is 120 Å². The first-order valence-electron chi connectivity index (χ1n) is 7.17. The van der Waals surface area contributed by atoms with Gasteiger partial charge in [-0.1, -0.05) is 18.2 Å². The van der Waals surface area contributed by atoms with Crippen molar-refractivity contribution in [2.75, 3.05) is 12.4 Å². The summed E-state index contributed by atoms with van der Waals surface area (Å²) in [4.78, 5) is 25.6. The number of nitrogens with zero attached hydrogens (tertiary/aromatic N) is 1. The lowest BCUT2D eigenvalue weighted by atomic mass is 9.92. The topological polar surface area (TPSA) is 49.4 Å². The molecule has 1 aliphatic carbocycles. The number of carbonyl (C=O) groups is 2. The Morgan fingerprint density at radius 3 is 2.45 bits per heavy atom. The molecule has 2 rings (SSSR count). The third kappa shape index (κ3) is 3.67. The lowest BCUT2D eigenvalue weighted by molar-refractivity contribution is -0.123. The summed E-state index contributed by atoms with van der Waals surface area (Å²) in [5.74, 6) is 0.339. The Balaban J connectivity index is 1.91. The Morgan fingerprint density at radius 2 is 1.85 bits per heavy atom. The molecule has 4 heteroatoms. The summed E-state index contributed by atoms with van der Waals surface area (Å²) in [5.41, 5.74) is 0.816. The van der Waals surface area contributed by atoms with Crippen LogP contribution in [-0.4, -0.2) is 35.7 Å². The first kappa shape index (κ1) is 14.7. The molecule has 108 valence electrons. The van der Waals surface area contributed by atoms with E-state index in [1.807, 2.05) is 44.3 Å². The largest absolute Gasteiger partial charge is 0.325 e. The summed E-state index contributed by atoms with van der Waals surface area (Å²) in [6.45, 7) is 1.91. The van der Waals surface area contributed by atoms with E-state index < -0.39 is 0 Å². The maximum atomic E-state index is 12.2. The number of hydrogen-bond donors (Lipinski definition) is 1. The molecule has 1 aromatic rings. The number of nitrogens with one attached hydrogen (secondary N) is 1. The molecule has 1 atom stereocenters. The number of anilines is 1. The first-order valence-corrected chi connectivity index (χ1v) is 7.17. The predicted molar refractivity (Wildman–Crippen MR) is 79.6 cm³/mol. The number of ketones is 1. The van der Waals surface area contributed by atoms with Crippen LogP contribution in [0.2, 0.25) is 0 Å². The maximum Gasteiger partial charge on any atom is 0.241 e. The zero-order valence-electron chi connectivity index (χ0n) is 12.1. The van der Waals surface area contributed by atoms with Gasteiger partial charge in [-0.2, -0.15) is 0 Å². The number of rotatable bonds is 4. The van der Waals surface area contributed by atoms with Gasteiger partial charge in [0, 0.05) is 24.6 Å². The number of hydrogen-bond acceptors (Lipinski definition) is 3. The van der Waals surface area contributed by atoms with Crippen LogP contribution < -0.4 is 5.32 Å². The Hall–Kier alpha value is -1.68. The van der Waals surface area contributed by atoms with Crippen molar-refractivity contribution in [3.8, 4) is 0 Å². The van der Waals surface area contributed by atoms with Crippen LogP contribution in [0.1, 0.15) is 32.6 Å². The van der Waals surface area contributed by atoms with E-state index in [-0.39, 0.29) is 11.9 Å². The Morgan fingerprint density at radius 1 is 1.25 bits per heavy atom. The van der Waals surface area contributed by atoms with E-state index in [9.17, 15) is 9.59 Å². The lowest BCUT2D eigenvalue weighted by Gasteiger charge is -2.34. The average Bonchev–Trinajstić information content (AvgIpc) is 2.47. The molecule has 0 heterocycles. The summed E-state index contributed by atoms with van der Waals surface area (Å²) >= 11 is 0. The molecule has 1 N–H and O–H groups in total. The average molecular weight is 274 g/mol. The highest BCUT2D eigenvalue weighted by Gasteiger charge is 2.28. The second kappa shape index (κ2) is 6.66. The minimum absolute atomic E-state index is 0.00407. The quantitative estimate of drug-likeness (QED) is 0.917. The SMILES string of the molecule is CC(C(=O)Nc1ccccc1)N(C)C1CCC(=O)CC1. The standard InChI is InChI=1S/C16H22N2O2/c1-12(16(20)17-13-6-4-3-5-7-13)18(2)14-8-10-15(19)11-9-14/h3-7,12,14H,8-11H2,1-2H3,(H,17,20).